The molecule has 0 spiro atoms. The summed E-state index contributed by atoms with van der Waals surface area (Å²) in [6.07, 6.45) is -2.79. The van der Waals surface area contributed by atoms with E-state index in [1.54, 1.807) is 0 Å². The summed E-state index contributed by atoms with van der Waals surface area (Å²) >= 11 is 0. The van der Waals surface area contributed by atoms with Gasteiger partial charge in [0.25, 0.3) is 0 Å². The largest absolute Gasteiger partial charge is 1.00 e. The van der Waals surface area contributed by atoms with Crippen molar-refractivity contribution < 1.29 is 150 Å². The number of carbonyl (C=O) groups is 3. The first-order chi connectivity index (χ1) is 5.93. The maximum Gasteiger partial charge on any atom is 1.00 e. The average molecular weight is 348 g/mol. The van der Waals surface area contributed by atoms with Gasteiger partial charge in [-0.2, -0.15) is 0 Å². The number of hydrogen-bond donors (Lipinski definition) is 0. The molecule has 0 saturated carbocycles. The third kappa shape index (κ3) is 38.7. The summed E-state index contributed by atoms with van der Waals surface area (Å²) in [5.41, 5.74) is 0. The van der Waals surface area contributed by atoms with Crippen LogP contribution in [-0.4, -0.2) is 58.0 Å². The van der Waals surface area contributed by atoms with E-state index in [1.165, 1.54) is 0 Å². The van der Waals surface area contributed by atoms with Crippen LogP contribution in [0, 0.1) is 0 Å². The average Bonchev–Trinajstić information content (AvgIpc) is 1.96. The Kier molecular flexibility index (Phi) is 89.9. The molecule has 0 aliphatic carbocycles. The number of rotatable bonds is 6. The van der Waals surface area contributed by atoms with Gasteiger partial charge in [-0.25, -0.2) is 0 Å². The van der Waals surface area contributed by atoms with Crippen LogP contribution in [0.15, 0.2) is 0 Å². The van der Waals surface area contributed by atoms with Gasteiger partial charge in [0.15, 0.2) is 0 Å². The smallest absolute Gasteiger partial charge is 0.550 e. The zero-order valence-electron chi connectivity index (χ0n) is 11.8. The normalized spacial score (nSPS) is 7.43. The van der Waals surface area contributed by atoms with Gasteiger partial charge in [0, 0.05) is 12.4 Å². The standard InChI is InChI=1S/C6H8O7.3Na.5H2O/c7-4(8)1-3(6(11)12)13-2-5(9)10;;;;;;;;/h3H,1-2H2,(H,7,8)(H,9,10)(H,11,12);;;;5*1H2/q;3*+1;;;;;/p-3. The van der Waals surface area contributed by atoms with Crippen LogP contribution in [-0.2, 0) is 19.1 Å². The van der Waals surface area contributed by atoms with Crippen LogP contribution >= 0.6 is 0 Å². The molecule has 0 aromatic rings. The Balaban J connectivity index is -0.0000000257. The Morgan fingerprint density at radius 1 is 0.762 bits per heavy atom. The second-order valence-corrected chi connectivity index (χ2v) is 2.07. The van der Waals surface area contributed by atoms with Crippen molar-refractivity contribution in [2.45, 2.75) is 12.5 Å². The quantitative estimate of drug-likeness (QED) is 0.416. The fourth-order valence-electron chi connectivity index (χ4n) is 0.530. The van der Waals surface area contributed by atoms with E-state index in [0.29, 0.717) is 0 Å². The van der Waals surface area contributed by atoms with E-state index < -0.39 is 37.0 Å². The van der Waals surface area contributed by atoms with Crippen molar-refractivity contribution in [2.24, 2.45) is 0 Å². The van der Waals surface area contributed by atoms with Crippen LogP contribution < -0.4 is 104 Å². The van der Waals surface area contributed by atoms with Crippen LogP contribution in [0.5, 0.6) is 0 Å². The third-order valence-electron chi connectivity index (χ3n) is 1.02. The molecule has 0 aliphatic heterocycles. The molecule has 0 aromatic carbocycles. The summed E-state index contributed by atoms with van der Waals surface area (Å²) in [5, 5.41) is 29.8. The number of carboxylic acids is 3. The number of carboxylic acid groups (broad SMARTS) is 3. The molecule has 0 aliphatic rings. The van der Waals surface area contributed by atoms with E-state index in [1.807, 2.05) is 0 Å². The molecule has 0 fully saturated rings. The predicted octanol–water partition coefficient (Wildman–Crippen LogP) is -18.1. The van der Waals surface area contributed by atoms with Gasteiger partial charge in [-0.05, 0) is 0 Å². The molecule has 0 saturated heterocycles. The summed E-state index contributed by atoms with van der Waals surface area (Å²) in [6, 6.07) is 0. The molecule has 0 rings (SSSR count). The minimum absolute atomic E-state index is 0. The molecule has 15 heteroatoms. The van der Waals surface area contributed by atoms with E-state index in [-0.39, 0.29) is 116 Å². The SMILES string of the molecule is O.O.O.O.O.O=C([O-])COC(CC(=O)[O-])C(=O)[O-].[Na+].[Na+].[Na+]. The predicted molar refractivity (Wildman–Crippen MR) is 47.4 cm³/mol. The summed E-state index contributed by atoms with van der Waals surface area (Å²) < 4.78 is 4.13. The zero-order valence-corrected chi connectivity index (χ0v) is 17.8. The van der Waals surface area contributed by atoms with Crippen molar-refractivity contribution in [1.29, 1.82) is 0 Å². The van der Waals surface area contributed by atoms with Gasteiger partial charge in [-0.3, -0.25) is 0 Å². The fourth-order valence-corrected chi connectivity index (χ4v) is 0.530. The van der Waals surface area contributed by atoms with Crippen LogP contribution in [0.3, 0.4) is 0 Å². The number of aliphatic carboxylic acids is 3. The van der Waals surface area contributed by atoms with Crippen molar-refractivity contribution >= 4 is 17.9 Å². The van der Waals surface area contributed by atoms with Gasteiger partial charge in [0.1, 0.15) is 6.10 Å². The Morgan fingerprint density at radius 3 is 1.29 bits per heavy atom. The van der Waals surface area contributed by atoms with Crippen molar-refractivity contribution in [2.75, 3.05) is 6.61 Å². The minimum Gasteiger partial charge on any atom is -0.550 e. The van der Waals surface area contributed by atoms with Crippen LogP contribution in [0.2, 0.25) is 0 Å². The van der Waals surface area contributed by atoms with Crippen molar-refractivity contribution in [3.05, 3.63) is 0 Å². The minimum atomic E-state index is -1.83. The Hall–Kier alpha value is 1.17. The first kappa shape index (κ1) is 57.3. The van der Waals surface area contributed by atoms with Gasteiger partial charge in [-0.1, -0.05) is 0 Å². The monoisotopic (exact) mass is 348 g/mol. The molecule has 114 valence electrons. The molecular weight excluding hydrogens is 333 g/mol. The maximum absolute atomic E-state index is 10.1. The third-order valence-corrected chi connectivity index (χ3v) is 1.02. The number of ether oxygens (including phenoxy) is 1. The molecular formula is C6H15Na3O12. The van der Waals surface area contributed by atoms with E-state index in [2.05, 4.69) is 4.74 Å². The van der Waals surface area contributed by atoms with E-state index in [9.17, 15) is 29.7 Å². The second kappa shape index (κ2) is 32.9. The zero-order chi connectivity index (χ0) is 10.4. The van der Waals surface area contributed by atoms with Crippen molar-refractivity contribution in [3.8, 4) is 0 Å². The molecule has 0 heterocycles. The number of hydrogen-bond acceptors (Lipinski definition) is 7. The van der Waals surface area contributed by atoms with Crippen molar-refractivity contribution in [1.82, 2.24) is 0 Å². The summed E-state index contributed by atoms with van der Waals surface area (Å²) in [6.45, 7) is -1.01. The molecule has 1 unspecified atom stereocenters. The molecule has 0 amide bonds. The van der Waals surface area contributed by atoms with E-state index >= 15 is 0 Å². The molecule has 0 radical (unpaired) electrons. The number of carbonyl (C=O) groups excluding carboxylic acids is 3. The summed E-state index contributed by atoms with van der Waals surface area (Å²) in [5.74, 6) is -5.14. The van der Waals surface area contributed by atoms with E-state index in [0.717, 1.165) is 0 Å². The summed E-state index contributed by atoms with van der Waals surface area (Å²) in [7, 11) is 0. The molecule has 1 atom stereocenters. The summed E-state index contributed by atoms with van der Waals surface area (Å²) in [4.78, 5) is 29.8. The van der Waals surface area contributed by atoms with E-state index in [4.69, 9.17) is 0 Å². The topological polar surface area (TPSA) is 287 Å². The van der Waals surface area contributed by atoms with Crippen LogP contribution in [0.25, 0.3) is 0 Å². The maximum atomic E-state index is 10.1. The molecule has 12 nitrogen and oxygen atoms in total. The van der Waals surface area contributed by atoms with Gasteiger partial charge in [0.05, 0.1) is 18.5 Å². The Bertz CT molecular complexity index is 237. The first-order valence-corrected chi connectivity index (χ1v) is 3.15. The first-order valence-electron chi connectivity index (χ1n) is 3.15. The van der Waals surface area contributed by atoms with Gasteiger partial charge >= 0.3 is 88.7 Å². The molecule has 0 bridgehead atoms. The van der Waals surface area contributed by atoms with Crippen molar-refractivity contribution in [3.63, 3.8) is 0 Å². The Labute approximate surface area is 185 Å². The second-order valence-electron chi connectivity index (χ2n) is 2.07. The van der Waals surface area contributed by atoms with Gasteiger partial charge in [0.2, 0.25) is 0 Å². The molecule has 0 aromatic heterocycles. The molecule has 21 heavy (non-hydrogen) atoms. The van der Waals surface area contributed by atoms with Gasteiger partial charge in [-0.15, -0.1) is 0 Å². The van der Waals surface area contributed by atoms with Crippen LogP contribution in [0.1, 0.15) is 6.42 Å². The Morgan fingerprint density at radius 2 is 1.10 bits per heavy atom. The van der Waals surface area contributed by atoms with Gasteiger partial charge < -0.3 is 61.8 Å². The molecule has 10 N–H and O–H groups in total. The van der Waals surface area contributed by atoms with Crippen LogP contribution in [0.4, 0.5) is 0 Å². The fraction of sp³-hybridized carbons (Fsp3) is 0.500.